The maximum Gasteiger partial charge on any atom is 0.416 e. The lowest BCUT2D eigenvalue weighted by Crippen LogP contribution is -2.05. The van der Waals surface area contributed by atoms with Crippen LogP contribution >= 0.6 is 0 Å². The Kier molecular flexibility index (Phi) is 11.9. The number of rotatable bonds is 8. The highest BCUT2D eigenvalue weighted by Crippen LogP contribution is 2.46. The Bertz CT molecular complexity index is 4580. The second kappa shape index (κ2) is 19.4. The van der Waals surface area contributed by atoms with Gasteiger partial charge in [0.05, 0.1) is 62.3 Å². The zero-order valence-corrected chi connectivity index (χ0v) is 44.3. The predicted molar refractivity (Wildman–Crippen MR) is 321 cm³/mol. The number of hydrogen-bond donors (Lipinski definition) is 0. The molecule has 0 aliphatic rings. The zero-order valence-electron chi connectivity index (χ0n) is 44.3. The summed E-state index contributed by atoms with van der Waals surface area (Å²) >= 11 is 0. The molecule has 0 amide bonds. The lowest BCUT2D eigenvalue weighted by molar-refractivity contribution is -0.137. The first kappa shape index (κ1) is 49.4. The first-order chi connectivity index (χ1) is 38.8. The lowest BCUT2D eigenvalue weighted by atomic mass is 9.92. The molecule has 13 rings (SSSR count). The van der Waals surface area contributed by atoms with Gasteiger partial charge in [0.15, 0.2) is 0 Å². The summed E-state index contributed by atoms with van der Waals surface area (Å²) in [6.07, 6.45) is -4.64. The van der Waals surface area contributed by atoms with Crippen LogP contribution in [0.1, 0.15) is 38.9 Å². The Hall–Kier alpha value is -10.2. The normalized spacial score (nSPS) is 11.7. The van der Waals surface area contributed by atoms with E-state index in [9.17, 15) is 23.7 Å². The molecule has 80 heavy (non-hydrogen) atoms. The topological polar surface area (TPSA) is 57.4 Å². The molecule has 13 aromatic rings. The van der Waals surface area contributed by atoms with Gasteiger partial charge in [-0.3, -0.25) is 0 Å². The van der Waals surface area contributed by atoms with Gasteiger partial charge in [-0.1, -0.05) is 162 Å². The molecule has 2 aromatic heterocycles. The highest BCUT2D eigenvalue weighted by molar-refractivity contribution is 6.14. The zero-order chi connectivity index (χ0) is 55.0. The van der Waals surface area contributed by atoms with Gasteiger partial charge >= 0.3 is 6.18 Å². The third kappa shape index (κ3) is 8.67. The molecule has 2 heterocycles. The van der Waals surface area contributed by atoms with Crippen LogP contribution in [-0.4, -0.2) is 9.13 Å². The minimum atomic E-state index is -4.64. The van der Waals surface area contributed by atoms with E-state index < -0.39 is 11.7 Å². The van der Waals surface area contributed by atoms with Gasteiger partial charge in [-0.05, 0) is 168 Å². The Morgan fingerprint density at radius 3 is 1.10 bits per heavy atom. The van der Waals surface area contributed by atoms with E-state index >= 15 is 0 Å². The number of nitrogens with zero attached hydrogens (tertiary/aromatic N) is 4. The highest BCUT2D eigenvalue weighted by Gasteiger charge is 2.31. The van der Waals surface area contributed by atoms with Crippen LogP contribution in [0, 0.1) is 50.4 Å². The van der Waals surface area contributed by atoms with E-state index in [2.05, 4.69) is 219 Å². The van der Waals surface area contributed by atoms with Gasteiger partial charge in [-0.2, -0.15) is 23.7 Å². The van der Waals surface area contributed by atoms with Crippen LogP contribution in [0.4, 0.5) is 13.2 Å². The molecule has 4 nitrogen and oxygen atoms in total. The molecule has 0 aliphatic heterocycles. The fourth-order valence-electron chi connectivity index (χ4n) is 11.8. The Labute approximate surface area is 461 Å². The van der Waals surface area contributed by atoms with E-state index in [1.54, 1.807) is 0 Å². The lowest BCUT2D eigenvalue weighted by Gasteiger charge is -2.20. The largest absolute Gasteiger partial charge is 0.416 e. The summed E-state index contributed by atoms with van der Waals surface area (Å²) < 4.78 is 47.2. The van der Waals surface area contributed by atoms with Gasteiger partial charge in [0.1, 0.15) is 0 Å². The molecule has 0 spiro atoms. The van der Waals surface area contributed by atoms with Crippen molar-refractivity contribution in [3.63, 3.8) is 0 Å². The number of fused-ring (bicyclic) bond motifs is 6. The van der Waals surface area contributed by atoms with Crippen LogP contribution in [0.3, 0.4) is 0 Å². The van der Waals surface area contributed by atoms with Crippen LogP contribution in [0.15, 0.2) is 224 Å². The average Bonchev–Trinajstić information content (AvgIpc) is 4.01. The third-order valence-electron chi connectivity index (χ3n) is 15.6. The maximum absolute atomic E-state index is 14.2. The summed E-state index contributed by atoms with van der Waals surface area (Å²) in [7, 11) is 0. The smallest absolute Gasteiger partial charge is 0.309 e. The number of benzene rings is 11. The molecule has 0 fully saturated rings. The number of alkyl halides is 3. The van der Waals surface area contributed by atoms with Crippen LogP contribution < -0.4 is 0 Å². The standard InChI is InChI=1S/C73H49F3N4/c1-44-9-5-13-49(31-44)53-18-26-68-63(37-53)64-38-54(50-14-6-10-45(2)32-50)19-27-69(64)79(68)67-30-22-57(60-25-23-59(73(74,75)76)36-58(60)43-78)41-62(67)61-24-17-48(42-77)35-72(61)80-70-28-20-55(51-15-7-11-46(3)33-51)39-65(70)66-40-56(21-29-71(66)80)52-16-8-12-47(4)34-52/h5-41H,1-4H3. The number of aromatic nitrogens is 2. The Morgan fingerprint density at radius 1 is 0.325 bits per heavy atom. The fourth-order valence-corrected chi connectivity index (χ4v) is 11.8. The van der Waals surface area contributed by atoms with Crippen molar-refractivity contribution >= 4 is 43.6 Å². The number of halogens is 3. The van der Waals surface area contributed by atoms with Gasteiger partial charge in [0.25, 0.3) is 0 Å². The summed E-state index contributed by atoms with van der Waals surface area (Å²) in [5, 5.41) is 25.4. The van der Waals surface area contributed by atoms with Crippen molar-refractivity contribution in [2.24, 2.45) is 0 Å². The number of nitriles is 2. The van der Waals surface area contributed by atoms with Crippen LogP contribution in [-0.2, 0) is 6.18 Å². The van der Waals surface area contributed by atoms with Gasteiger partial charge in [0, 0.05) is 32.7 Å². The molecule has 0 radical (unpaired) electrons. The Morgan fingerprint density at radius 2 is 0.713 bits per heavy atom. The van der Waals surface area contributed by atoms with E-state index in [0.29, 0.717) is 16.7 Å². The van der Waals surface area contributed by atoms with Gasteiger partial charge < -0.3 is 9.13 Å². The number of hydrogen-bond acceptors (Lipinski definition) is 2. The molecule has 0 N–H and O–H groups in total. The molecule has 0 saturated carbocycles. The van der Waals surface area contributed by atoms with Crippen molar-refractivity contribution in [2.75, 3.05) is 0 Å². The summed E-state index contributed by atoms with van der Waals surface area (Å²) in [6.45, 7) is 8.39. The minimum absolute atomic E-state index is 0.0981. The summed E-state index contributed by atoms with van der Waals surface area (Å²) in [6, 6.07) is 79.8. The van der Waals surface area contributed by atoms with Crippen molar-refractivity contribution in [1.29, 1.82) is 10.5 Å². The van der Waals surface area contributed by atoms with Crippen LogP contribution in [0.2, 0.25) is 0 Å². The van der Waals surface area contributed by atoms with E-state index in [1.807, 2.05) is 36.4 Å². The highest BCUT2D eigenvalue weighted by atomic mass is 19.4. The van der Waals surface area contributed by atoms with E-state index in [1.165, 1.54) is 6.07 Å². The average molecular weight is 1040 g/mol. The monoisotopic (exact) mass is 1040 g/mol. The SMILES string of the molecule is Cc1cccc(-c2ccc3c(c2)c2cc(-c4cccc(C)c4)ccc2n3-c2ccc(-c3ccc(C(F)(F)F)cc3C#N)cc2-c2ccc(C#N)cc2-n2c3ccc(-c4cccc(C)c4)cc3c3cc(-c4cccc(C)c4)ccc32)c1. The van der Waals surface area contributed by atoms with Gasteiger partial charge in [0.2, 0.25) is 0 Å². The molecular formula is C73H49F3N4. The molecule has 382 valence electrons. The van der Waals surface area contributed by atoms with Crippen molar-refractivity contribution in [3.05, 3.63) is 263 Å². The molecule has 0 saturated heterocycles. The summed E-state index contributed by atoms with van der Waals surface area (Å²) in [4.78, 5) is 0. The van der Waals surface area contributed by atoms with Gasteiger partial charge in [-0.15, -0.1) is 0 Å². The molecular weight excluding hydrogens is 990 g/mol. The quantitative estimate of drug-likeness (QED) is 0.152. The van der Waals surface area contributed by atoms with Crippen molar-refractivity contribution < 1.29 is 13.2 Å². The Balaban J connectivity index is 1.12. The molecule has 0 aliphatic carbocycles. The maximum atomic E-state index is 14.2. The minimum Gasteiger partial charge on any atom is -0.309 e. The van der Waals surface area contributed by atoms with Crippen molar-refractivity contribution in [3.8, 4) is 90.3 Å². The predicted octanol–water partition coefficient (Wildman–Crippen LogP) is 19.9. The van der Waals surface area contributed by atoms with E-state index in [0.717, 1.165) is 145 Å². The van der Waals surface area contributed by atoms with Crippen molar-refractivity contribution in [1.82, 2.24) is 9.13 Å². The molecule has 11 aromatic carbocycles. The van der Waals surface area contributed by atoms with Gasteiger partial charge in [-0.25, -0.2) is 0 Å². The summed E-state index contributed by atoms with van der Waals surface area (Å²) in [5.41, 5.74) is 20.4. The molecule has 0 bridgehead atoms. The first-order valence-corrected chi connectivity index (χ1v) is 26.6. The molecule has 0 unspecified atom stereocenters. The van der Waals surface area contributed by atoms with Crippen LogP contribution in [0.25, 0.3) is 122 Å². The van der Waals surface area contributed by atoms with E-state index in [4.69, 9.17) is 0 Å². The fraction of sp³-hybridized carbons (Fsp3) is 0.0685. The molecule has 7 heteroatoms. The third-order valence-corrected chi connectivity index (χ3v) is 15.6. The second-order valence-electron chi connectivity index (χ2n) is 21.0. The first-order valence-electron chi connectivity index (χ1n) is 26.6. The summed E-state index contributed by atoms with van der Waals surface area (Å²) in [5.74, 6) is 0. The van der Waals surface area contributed by atoms with E-state index in [-0.39, 0.29) is 5.56 Å². The molecule has 0 atom stereocenters. The van der Waals surface area contributed by atoms with Crippen LogP contribution in [0.5, 0.6) is 0 Å². The van der Waals surface area contributed by atoms with Crippen molar-refractivity contribution in [2.45, 2.75) is 33.9 Å². The number of aryl methyl sites for hydroxylation is 4. The second-order valence-corrected chi connectivity index (χ2v) is 21.0.